The number of para-hydroxylation sites is 1. The molecular weight excluding hydrogens is 352 g/mol. The van der Waals surface area contributed by atoms with Gasteiger partial charge in [-0.2, -0.15) is 0 Å². The van der Waals surface area contributed by atoms with Crippen molar-refractivity contribution in [2.45, 2.75) is 26.3 Å². The largest absolute Gasteiger partial charge is 0.496 e. The van der Waals surface area contributed by atoms with Gasteiger partial charge in [0.05, 0.1) is 12.7 Å². The molecule has 2 N–H and O–H groups in total. The number of rotatable bonds is 7. The fraction of sp³-hybridized carbons (Fsp3) is 0.227. The van der Waals surface area contributed by atoms with E-state index in [0.29, 0.717) is 24.0 Å². The van der Waals surface area contributed by atoms with Gasteiger partial charge in [0.15, 0.2) is 0 Å². The average Bonchev–Trinajstić information content (AvgIpc) is 2.73. The van der Waals surface area contributed by atoms with E-state index in [1.165, 1.54) is 18.0 Å². The Balaban J connectivity index is 1.59. The molecule has 0 atom stereocenters. The smallest absolute Gasteiger partial charge is 0.254 e. The van der Waals surface area contributed by atoms with E-state index in [2.05, 4.69) is 46.6 Å². The summed E-state index contributed by atoms with van der Waals surface area (Å²) in [4.78, 5) is 20.8. The zero-order valence-corrected chi connectivity index (χ0v) is 16.3. The van der Waals surface area contributed by atoms with Crippen LogP contribution in [0.3, 0.4) is 0 Å². The van der Waals surface area contributed by atoms with Gasteiger partial charge in [0.1, 0.15) is 5.75 Å². The number of hydrogen-bond donors (Lipinski definition) is 2. The Hall–Kier alpha value is -3.41. The lowest BCUT2D eigenvalue weighted by atomic mass is 10.0. The SMILES string of the molecule is COc1ccccc1CNC(=O)c1cnc(Nc2ccc(C(C)C)cc2)nc1. The molecule has 0 unspecified atom stereocenters. The molecular formula is C22H24N4O2. The lowest BCUT2D eigenvalue weighted by molar-refractivity contribution is 0.0950. The van der Waals surface area contributed by atoms with Crippen LogP contribution >= 0.6 is 0 Å². The number of aromatic nitrogens is 2. The maximum atomic E-state index is 12.3. The third-order valence-electron chi connectivity index (χ3n) is 4.38. The summed E-state index contributed by atoms with van der Waals surface area (Å²) in [6.45, 7) is 4.68. The van der Waals surface area contributed by atoms with Gasteiger partial charge in [-0.25, -0.2) is 9.97 Å². The van der Waals surface area contributed by atoms with Gasteiger partial charge in [-0.15, -0.1) is 0 Å². The third kappa shape index (κ3) is 4.85. The number of nitrogens with one attached hydrogen (secondary N) is 2. The van der Waals surface area contributed by atoms with Crippen LogP contribution in [0.1, 0.15) is 41.3 Å². The van der Waals surface area contributed by atoms with E-state index in [-0.39, 0.29) is 5.91 Å². The highest BCUT2D eigenvalue weighted by atomic mass is 16.5. The maximum absolute atomic E-state index is 12.3. The molecule has 6 nitrogen and oxygen atoms in total. The predicted molar refractivity (Wildman–Crippen MR) is 110 cm³/mol. The van der Waals surface area contributed by atoms with Crippen molar-refractivity contribution < 1.29 is 9.53 Å². The summed E-state index contributed by atoms with van der Waals surface area (Å²) in [7, 11) is 1.61. The van der Waals surface area contributed by atoms with Crippen molar-refractivity contribution in [1.29, 1.82) is 0 Å². The molecule has 6 heteroatoms. The number of methoxy groups -OCH3 is 1. The molecule has 0 saturated heterocycles. The van der Waals surface area contributed by atoms with E-state index in [1.54, 1.807) is 7.11 Å². The Morgan fingerprint density at radius 3 is 2.36 bits per heavy atom. The van der Waals surface area contributed by atoms with E-state index in [4.69, 9.17) is 4.74 Å². The number of carbonyl (C=O) groups excluding carboxylic acids is 1. The van der Waals surface area contributed by atoms with E-state index in [1.807, 2.05) is 36.4 Å². The highest BCUT2D eigenvalue weighted by Gasteiger charge is 2.09. The van der Waals surface area contributed by atoms with Crippen LogP contribution in [0.5, 0.6) is 5.75 Å². The Kier molecular flexibility index (Phi) is 6.22. The van der Waals surface area contributed by atoms with E-state index < -0.39 is 0 Å². The van der Waals surface area contributed by atoms with Gasteiger partial charge in [-0.1, -0.05) is 44.2 Å². The zero-order valence-electron chi connectivity index (χ0n) is 16.3. The van der Waals surface area contributed by atoms with Crippen LogP contribution in [0.15, 0.2) is 60.9 Å². The summed E-state index contributed by atoms with van der Waals surface area (Å²) in [5.41, 5.74) is 3.48. The van der Waals surface area contributed by atoms with Crippen molar-refractivity contribution in [3.05, 3.63) is 77.6 Å². The summed E-state index contributed by atoms with van der Waals surface area (Å²) >= 11 is 0. The first-order valence-electron chi connectivity index (χ1n) is 9.16. The van der Waals surface area contributed by atoms with Crippen LogP contribution in [0.2, 0.25) is 0 Å². The Labute approximate surface area is 165 Å². The lowest BCUT2D eigenvalue weighted by Gasteiger charge is -2.10. The lowest BCUT2D eigenvalue weighted by Crippen LogP contribution is -2.23. The molecule has 144 valence electrons. The van der Waals surface area contributed by atoms with Crippen molar-refractivity contribution in [2.24, 2.45) is 0 Å². The molecule has 0 saturated carbocycles. The molecule has 1 heterocycles. The van der Waals surface area contributed by atoms with Gasteiger partial charge in [0.25, 0.3) is 5.91 Å². The van der Waals surface area contributed by atoms with Gasteiger partial charge in [0, 0.05) is 30.2 Å². The second-order valence-electron chi connectivity index (χ2n) is 6.69. The van der Waals surface area contributed by atoms with Crippen LogP contribution in [-0.4, -0.2) is 23.0 Å². The predicted octanol–water partition coefficient (Wildman–Crippen LogP) is 4.28. The molecule has 1 aromatic heterocycles. The normalized spacial score (nSPS) is 10.6. The number of benzene rings is 2. The second kappa shape index (κ2) is 8.99. The minimum absolute atomic E-state index is 0.237. The molecule has 3 aromatic rings. The molecule has 2 aromatic carbocycles. The number of anilines is 2. The highest BCUT2D eigenvalue weighted by Crippen LogP contribution is 2.19. The van der Waals surface area contributed by atoms with Gasteiger partial charge < -0.3 is 15.4 Å². The van der Waals surface area contributed by atoms with Crippen molar-refractivity contribution in [2.75, 3.05) is 12.4 Å². The Morgan fingerprint density at radius 1 is 1.04 bits per heavy atom. The molecule has 3 rings (SSSR count). The van der Waals surface area contributed by atoms with Crippen LogP contribution < -0.4 is 15.4 Å². The molecule has 0 aliphatic carbocycles. The first kappa shape index (κ1) is 19.4. The minimum Gasteiger partial charge on any atom is -0.496 e. The number of nitrogens with zero attached hydrogens (tertiary/aromatic N) is 2. The van der Waals surface area contributed by atoms with Crippen LogP contribution in [-0.2, 0) is 6.54 Å². The number of carbonyl (C=O) groups is 1. The van der Waals surface area contributed by atoms with Crippen LogP contribution in [0, 0.1) is 0 Å². The summed E-state index contributed by atoms with van der Waals surface area (Å²) in [5.74, 6) is 1.43. The quantitative estimate of drug-likeness (QED) is 0.644. The minimum atomic E-state index is -0.237. The van der Waals surface area contributed by atoms with Gasteiger partial charge >= 0.3 is 0 Å². The van der Waals surface area contributed by atoms with Crippen LogP contribution in [0.4, 0.5) is 11.6 Å². The van der Waals surface area contributed by atoms with E-state index >= 15 is 0 Å². The van der Waals surface area contributed by atoms with Crippen molar-refractivity contribution in [1.82, 2.24) is 15.3 Å². The average molecular weight is 376 g/mol. The fourth-order valence-electron chi connectivity index (χ4n) is 2.72. The second-order valence-corrected chi connectivity index (χ2v) is 6.69. The number of ether oxygens (including phenoxy) is 1. The van der Waals surface area contributed by atoms with Gasteiger partial charge in [0.2, 0.25) is 5.95 Å². The zero-order chi connectivity index (χ0) is 19.9. The maximum Gasteiger partial charge on any atom is 0.254 e. The molecule has 0 radical (unpaired) electrons. The molecule has 0 fully saturated rings. The molecule has 28 heavy (non-hydrogen) atoms. The number of amides is 1. The fourth-order valence-corrected chi connectivity index (χ4v) is 2.72. The number of hydrogen-bond acceptors (Lipinski definition) is 5. The Morgan fingerprint density at radius 2 is 1.71 bits per heavy atom. The molecule has 0 bridgehead atoms. The first-order valence-corrected chi connectivity index (χ1v) is 9.16. The molecule has 1 amide bonds. The van der Waals surface area contributed by atoms with E-state index in [9.17, 15) is 4.79 Å². The van der Waals surface area contributed by atoms with Crippen molar-refractivity contribution in [3.63, 3.8) is 0 Å². The molecule has 0 spiro atoms. The first-order chi connectivity index (χ1) is 13.6. The van der Waals surface area contributed by atoms with Crippen LogP contribution in [0.25, 0.3) is 0 Å². The van der Waals surface area contributed by atoms with Gasteiger partial charge in [-0.3, -0.25) is 4.79 Å². The standard InChI is InChI=1S/C22H24N4O2/c1-15(2)16-8-10-19(11-9-16)26-22-24-13-18(14-25-22)21(27)23-12-17-6-4-5-7-20(17)28-3/h4-11,13-15H,12H2,1-3H3,(H,23,27)(H,24,25,26). The third-order valence-corrected chi connectivity index (χ3v) is 4.38. The van der Waals surface area contributed by atoms with E-state index in [0.717, 1.165) is 17.0 Å². The van der Waals surface area contributed by atoms with Crippen molar-refractivity contribution >= 4 is 17.5 Å². The Bertz CT molecular complexity index is 922. The summed E-state index contributed by atoms with van der Waals surface area (Å²) in [6.07, 6.45) is 3.02. The summed E-state index contributed by atoms with van der Waals surface area (Å²) < 4.78 is 5.29. The molecule has 0 aliphatic rings. The highest BCUT2D eigenvalue weighted by molar-refractivity contribution is 5.93. The van der Waals surface area contributed by atoms with Crippen molar-refractivity contribution in [3.8, 4) is 5.75 Å². The summed E-state index contributed by atoms with van der Waals surface area (Å²) in [6, 6.07) is 15.7. The molecule has 0 aliphatic heterocycles. The topological polar surface area (TPSA) is 76.1 Å². The monoisotopic (exact) mass is 376 g/mol. The summed E-state index contributed by atoms with van der Waals surface area (Å²) in [5, 5.41) is 6.00. The van der Waals surface area contributed by atoms with Gasteiger partial charge in [-0.05, 0) is 29.7 Å².